The normalized spacial score (nSPS) is 17.1. The van der Waals surface area contributed by atoms with Crippen molar-refractivity contribution in [2.45, 2.75) is 25.8 Å². The first-order valence-electron chi connectivity index (χ1n) is 10.7. The molecule has 0 aliphatic carbocycles. The quantitative estimate of drug-likeness (QED) is 0.561. The Balaban J connectivity index is 1.66. The van der Waals surface area contributed by atoms with Crippen LogP contribution < -0.4 is 10.1 Å². The summed E-state index contributed by atoms with van der Waals surface area (Å²) in [7, 11) is 2.86. The molecule has 2 aliphatic heterocycles. The second-order valence-corrected chi connectivity index (χ2v) is 8.41. The van der Waals surface area contributed by atoms with E-state index in [4.69, 9.17) is 9.47 Å². The SMILES string of the molecule is CCC1=C(C(=O)OC)C(c2ccccc2F)N2C(CC(=O)Nc3ccc(OC)cc3)=CSC2=N1. The van der Waals surface area contributed by atoms with E-state index in [2.05, 4.69) is 10.3 Å². The monoisotopic (exact) mass is 481 g/mol. The van der Waals surface area contributed by atoms with E-state index in [0.29, 0.717) is 40.0 Å². The Bertz CT molecular complexity index is 1210. The zero-order chi connectivity index (χ0) is 24.2. The number of rotatable bonds is 7. The third-order valence-electron chi connectivity index (χ3n) is 5.54. The molecule has 4 rings (SSSR count). The van der Waals surface area contributed by atoms with Gasteiger partial charge in [-0.25, -0.2) is 14.2 Å². The lowest BCUT2D eigenvalue weighted by atomic mass is 9.92. The lowest BCUT2D eigenvalue weighted by molar-refractivity contribution is -0.136. The Kier molecular flexibility index (Phi) is 7.02. The average molecular weight is 482 g/mol. The van der Waals surface area contributed by atoms with Gasteiger partial charge in [-0.2, -0.15) is 0 Å². The van der Waals surface area contributed by atoms with E-state index in [9.17, 15) is 14.0 Å². The van der Waals surface area contributed by atoms with Gasteiger partial charge in [-0.15, -0.1) is 0 Å². The molecule has 9 heteroatoms. The van der Waals surface area contributed by atoms with Crippen molar-refractivity contribution < 1.29 is 23.5 Å². The van der Waals surface area contributed by atoms with Gasteiger partial charge in [0.15, 0.2) is 5.17 Å². The van der Waals surface area contributed by atoms with Crippen LogP contribution in [0.5, 0.6) is 5.75 Å². The molecular formula is C25H24FN3O4S. The van der Waals surface area contributed by atoms with Gasteiger partial charge in [0.2, 0.25) is 5.91 Å². The van der Waals surface area contributed by atoms with E-state index in [1.165, 1.54) is 24.9 Å². The Morgan fingerprint density at radius 1 is 1.15 bits per heavy atom. The number of hydrogen-bond donors (Lipinski definition) is 1. The number of anilines is 1. The molecular weight excluding hydrogens is 457 g/mol. The molecule has 0 spiro atoms. The Hall–Kier alpha value is -3.59. The molecule has 0 aromatic heterocycles. The van der Waals surface area contributed by atoms with Crippen LogP contribution in [0.3, 0.4) is 0 Å². The highest BCUT2D eigenvalue weighted by atomic mass is 32.2. The van der Waals surface area contributed by atoms with E-state index in [1.807, 2.05) is 12.3 Å². The lowest BCUT2D eigenvalue weighted by Gasteiger charge is -2.36. The maximum absolute atomic E-state index is 15.0. The maximum Gasteiger partial charge on any atom is 0.338 e. The molecule has 2 aromatic carbocycles. The standard InChI is InChI=1S/C25H24FN3O4S/c1-4-20-22(24(31)33-3)23(18-7-5-6-8-19(18)26)29-16(14-34-25(29)28-20)13-21(30)27-15-9-11-17(32-2)12-10-15/h5-12,14,23H,4,13H2,1-3H3,(H,27,30). The van der Waals surface area contributed by atoms with Gasteiger partial charge in [-0.1, -0.05) is 36.9 Å². The van der Waals surface area contributed by atoms with Crippen molar-refractivity contribution in [3.8, 4) is 5.75 Å². The van der Waals surface area contributed by atoms with Gasteiger partial charge in [0.1, 0.15) is 11.6 Å². The summed E-state index contributed by atoms with van der Waals surface area (Å²) in [6.07, 6.45) is 0.486. The van der Waals surface area contributed by atoms with E-state index in [-0.39, 0.29) is 17.9 Å². The van der Waals surface area contributed by atoms with Crippen molar-refractivity contribution in [3.05, 3.63) is 82.3 Å². The number of hydrogen-bond acceptors (Lipinski definition) is 7. The molecule has 2 heterocycles. The number of amides is 1. The van der Waals surface area contributed by atoms with E-state index >= 15 is 0 Å². The van der Waals surface area contributed by atoms with Gasteiger partial charge >= 0.3 is 5.97 Å². The number of esters is 1. The minimum absolute atomic E-state index is 0.0128. The number of nitrogens with zero attached hydrogens (tertiary/aromatic N) is 2. The highest BCUT2D eigenvalue weighted by molar-refractivity contribution is 8.16. The number of carbonyl (C=O) groups excluding carboxylic acids is 2. The molecule has 7 nitrogen and oxygen atoms in total. The largest absolute Gasteiger partial charge is 0.497 e. The third kappa shape index (κ3) is 4.56. The second-order valence-electron chi connectivity index (χ2n) is 7.57. The number of allylic oxidation sites excluding steroid dienone is 1. The Labute approximate surface area is 201 Å². The number of fused-ring (bicyclic) bond motifs is 1. The average Bonchev–Trinajstić information content (AvgIpc) is 3.25. The third-order valence-corrected chi connectivity index (χ3v) is 6.43. The fourth-order valence-electron chi connectivity index (χ4n) is 3.95. The molecule has 1 unspecified atom stereocenters. The first-order chi connectivity index (χ1) is 16.5. The fraction of sp³-hybridized carbons (Fsp3) is 0.240. The van der Waals surface area contributed by atoms with Crippen molar-refractivity contribution in [3.63, 3.8) is 0 Å². The highest BCUT2D eigenvalue weighted by Crippen LogP contribution is 2.46. The zero-order valence-corrected chi connectivity index (χ0v) is 19.8. The maximum atomic E-state index is 15.0. The minimum atomic E-state index is -0.800. The van der Waals surface area contributed by atoms with E-state index in [1.54, 1.807) is 54.5 Å². The lowest BCUT2D eigenvalue weighted by Crippen LogP contribution is -2.38. The van der Waals surface area contributed by atoms with Crippen LogP contribution in [-0.4, -0.2) is 36.2 Å². The molecule has 1 N–H and O–H groups in total. The minimum Gasteiger partial charge on any atom is -0.497 e. The molecule has 176 valence electrons. The smallest absolute Gasteiger partial charge is 0.338 e. The van der Waals surface area contributed by atoms with Crippen molar-refractivity contribution >= 4 is 34.5 Å². The molecule has 0 radical (unpaired) electrons. The van der Waals surface area contributed by atoms with Gasteiger partial charge in [0.25, 0.3) is 0 Å². The number of thioether (sulfide) groups is 1. The van der Waals surface area contributed by atoms with Crippen molar-refractivity contribution in [1.82, 2.24) is 4.90 Å². The van der Waals surface area contributed by atoms with Crippen LogP contribution in [0, 0.1) is 5.82 Å². The molecule has 34 heavy (non-hydrogen) atoms. The highest BCUT2D eigenvalue weighted by Gasteiger charge is 2.42. The Morgan fingerprint density at radius 2 is 1.88 bits per heavy atom. The first kappa shape index (κ1) is 23.6. The van der Waals surface area contributed by atoms with Crippen LogP contribution in [0.25, 0.3) is 0 Å². The number of aliphatic imine (C=N–C) groups is 1. The topological polar surface area (TPSA) is 80.2 Å². The first-order valence-corrected chi connectivity index (χ1v) is 11.6. The molecule has 0 fully saturated rings. The summed E-state index contributed by atoms with van der Waals surface area (Å²) < 4.78 is 25.2. The van der Waals surface area contributed by atoms with Crippen LogP contribution in [0.1, 0.15) is 31.4 Å². The number of carbonyl (C=O) groups is 2. The summed E-state index contributed by atoms with van der Waals surface area (Å²) in [6, 6.07) is 12.5. The molecule has 2 aliphatic rings. The summed E-state index contributed by atoms with van der Waals surface area (Å²) in [4.78, 5) is 32.1. The second kappa shape index (κ2) is 10.1. The number of ether oxygens (including phenoxy) is 2. The number of methoxy groups -OCH3 is 2. The molecule has 1 amide bonds. The summed E-state index contributed by atoms with van der Waals surface area (Å²) in [5.41, 5.74) is 2.35. The van der Waals surface area contributed by atoms with E-state index < -0.39 is 17.8 Å². The summed E-state index contributed by atoms with van der Waals surface area (Å²) in [5.74, 6) is -0.601. The predicted octanol–water partition coefficient (Wildman–Crippen LogP) is 5.00. The van der Waals surface area contributed by atoms with Crippen LogP contribution in [-0.2, 0) is 14.3 Å². The number of benzene rings is 2. The zero-order valence-electron chi connectivity index (χ0n) is 19.0. The Morgan fingerprint density at radius 3 is 2.53 bits per heavy atom. The van der Waals surface area contributed by atoms with Gasteiger partial charge in [-0.05, 0) is 42.2 Å². The van der Waals surface area contributed by atoms with Crippen LogP contribution in [0.15, 0.2) is 75.9 Å². The van der Waals surface area contributed by atoms with Gasteiger partial charge in [-0.3, -0.25) is 4.79 Å². The summed E-state index contributed by atoms with van der Waals surface area (Å²) in [6.45, 7) is 1.88. The fourth-order valence-corrected chi connectivity index (χ4v) is 4.88. The van der Waals surface area contributed by atoms with Crippen molar-refractivity contribution in [2.24, 2.45) is 4.99 Å². The molecule has 2 aromatic rings. The number of nitrogens with one attached hydrogen (secondary N) is 1. The number of halogens is 1. The van der Waals surface area contributed by atoms with Crippen molar-refractivity contribution in [2.75, 3.05) is 19.5 Å². The summed E-state index contributed by atoms with van der Waals surface area (Å²) in [5, 5.41) is 5.26. The van der Waals surface area contributed by atoms with E-state index in [0.717, 1.165) is 0 Å². The van der Waals surface area contributed by atoms with Crippen LogP contribution in [0.2, 0.25) is 0 Å². The summed E-state index contributed by atoms with van der Waals surface area (Å²) >= 11 is 1.34. The molecule has 0 saturated carbocycles. The number of amidine groups is 1. The van der Waals surface area contributed by atoms with Crippen molar-refractivity contribution in [1.29, 1.82) is 0 Å². The molecule has 1 atom stereocenters. The van der Waals surface area contributed by atoms with Gasteiger partial charge < -0.3 is 19.7 Å². The molecule has 0 bridgehead atoms. The van der Waals surface area contributed by atoms with Gasteiger partial charge in [0.05, 0.1) is 38.0 Å². The van der Waals surface area contributed by atoms with Crippen LogP contribution in [0.4, 0.5) is 10.1 Å². The predicted molar refractivity (Wildman–Crippen MR) is 130 cm³/mol. The van der Waals surface area contributed by atoms with Crippen LogP contribution >= 0.6 is 11.8 Å². The molecule has 0 saturated heterocycles. The van der Waals surface area contributed by atoms with Gasteiger partial charge in [0, 0.05) is 16.9 Å².